The van der Waals surface area contributed by atoms with E-state index in [-0.39, 0.29) is 11.9 Å². The van der Waals surface area contributed by atoms with Crippen LogP contribution >= 0.6 is 0 Å². The van der Waals surface area contributed by atoms with Crippen molar-refractivity contribution in [1.29, 1.82) is 0 Å². The van der Waals surface area contributed by atoms with E-state index < -0.39 is 0 Å². The molecule has 1 saturated heterocycles. The monoisotopic (exact) mass is 183 g/mol. The van der Waals surface area contributed by atoms with Gasteiger partial charge in [-0.2, -0.15) is 0 Å². The third kappa shape index (κ3) is 2.56. The van der Waals surface area contributed by atoms with Crippen molar-refractivity contribution in [2.75, 3.05) is 19.7 Å². The number of ether oxygens (including phenoxy) is 1. The summed E-state index contributed by atoms with van der Waals surface area (Å²) < 4.78 is 4.99. The summed E-state index contributed by atoms with van der Waals surface area (Å²) in [5, 5.41) is 3.19. The molecule has 2 atom stereocenters. The SMILES string of the molecule is C/C=C/[C@@H]1CNC[C@H]1C(=O)OCC. The largest absolute Gasteiger partial charge is 0.466 e. The molecule has 0 unspecified atom stereocenters. The van der Waals surface area contributed by atoms with E-state index in [0.717, 1.165) is 13.1 Å². The predicted octanol–water partition coefficient (Wildman–Crippen LogP) is 0.961. The molecule has 1 aliphatic rings. The molecule has 0 bridgehead atoms. The first-order valence-electron chi connectivity index (χ1n) is 4.79. The number of hydrogen-bond acceptors (Lipinski definition) is 3. The maximum absolute atomic E-state index is 11.4. The summed E-state index contributed by atoms with van der Waals surface area (Å²) in [6.45, 7) is 5.91. The third-order valence-electron chi connectivity index (χ3n) is 2.29. The van der Waals surface area contributed by atoms with Crippen molar-refractivity contribution >= 4 is 5.97 Å². The van der Waals surface area contributed by atoms with Gasteiger partial charge < -0.3 is 10.1 Å². The highest BCUT2D eigenvalue weighted by molar-refractivity contribution is 5.73. The first-order chi connectivity index (χ1) is 6.29. The lowest BCUT2D eigenvalue weighted by Gasteiger charge is -2.12. The van der Waals surface area contributed by atoms with Gasteiger partial charge in [0, 0.05) is 19.0 Å². The Morgan fingerprint density at radius 2 is 2.38 bits per heavy atom. The number of carbonyl (C=O) groups excluding carboxylic acids is 1. The molecule has 74 valence electrons. The zero-order valence-electron chi connectivity index (χ0n) is 8.25. The van der Waals surface area contributed by atoms with Crippen LogP contribution in [0.4, 0.5) is 0 Å². The number of allylic oxidation sites excluding steroid dienone is 1. The van der Waals surface area contributed by atoms with Gasteiger partial charge in [-0.15, -0.1) is 0 Å². The number of carbonyl (C=O) groups is 1. The topological polar surface area (TPSA) is 38.3 Å². The molecule has 0 aromatic heterocycles. The van der Waals surface area contributed by atoms with E-state index in [0.29, 0.717) is 12.5 Å². The smallest absolute Gasteiger partial charge is 0.310 e. The molecule has 3 nitrogen and oxygen atoms in total. The Hall–Kier alpha value is -0.830. The van der Waals surface area contributed by atoms with Gasteiger partial charge in [-0.05, 0) is 13.8 Å². The lowest BCUT2D eigenvalue weighted by molar-refractivity contribution is -0.148. The van der Waals surface area contributed by atoms with Crippen molar-refractivity contribution in [3.05, 3.63) is 12.2 Å². The highest BCUT2D eigenvalue weighted by atomic mass is 16.5. The van der Waals surface area contributed by atoms with Crippen molar-refractivity contribution in [1.82, 2.24) is 5.32 Å². The molecule has 0 spiro atoms. The minimum Gasteiger partial charge on any atom is -0.466 e. The second-order valence-corrected chi connectivity index (χ2v) is 3.21. The maximum Gasteiger partial charge on any atom is 0.310 e. The fourth-order valence-corrected chi connectivity index (χ4v) is 1.66. The molecule has 3 heteroatoms. The van der Waals surface area contributed by atoms with Gasteiger partial charge in [0.15, 0.2) is 0 Å². The van der Waals surface area contributed by atoms with E-state index in [1.807, 2.05) is 19.9 Å². The van der Waals surface area contributed by atoms with E-state index in [1.54, 1.807) is 0 Å². The molecule has 0 radical (unpaired) electrons. The summed E-state index contributed by atoms with van der Waals surface area (Å²) in [5.74, 6) is 0.246. The van der Waals surface area contributed by atoms with Crippen LogP contribution in [0.25, 0.3) is 0 Å². The van der Waals surface area contributed by atoms with Gasteiger partial charge in [0.25, 0.3) is 0 Å². The lowest BCUT2D eigenvalue weighted by atomic mass is 9.96. The summed E-state index contributed by atoms with van der Waals surface area (Å²) >= 11 is 0. The van der Waals surface area contributed by atoms with E-state index in [2.05, 4.69) is 11.4 Å². The molecule has 13 heavy (non-hydrogen) atoms. The van der Waals surface area contributed by atoms with E-state index in [9.17, 15) is 4.79 Å². The Morgan fingerprint density at radius 1 is 1.62 bits per heavy atom. The Kier molecular flexibility index (Phi) is 3.96. The Balaban J connectivity index is 2.52. The third-order valence-corrected chi connectivity index (χ3v) is 2.29. The molecule has 1 rings (SSSR count). The fourth-order valence-electron chi connectivity index (χ4n) is 1.66. The molecular formula is C10H17NO2. The van der Waals surface area contributed by atoms with E-state index in [1.165, 1.54) is 0 Å². The number of rotatable bonds is 3. The molecular weight excluding hydrogens is 166 g/mol. The van der Waals surface area contributed by atoms with Crippen LogP contribution in [0.3, 0.4) is 0 Å². The molecule has 0 aliphatic carbocycles. The molecule has 0 aromatic carbocycles. The van der Waals surface area contributed by atoms with E-state index >= 15 is 0 Å². The van der Waals surface area contributed by atoms with Crippen LogP contribution in [0.1, 0.15) is 13.8 Å². The van der Waals surface area contributed by atoms with Crippen LogP contribution < -0.4 is 5.32 Å². The first-order valence-corrected chi connectivity index (χ1v) is 4.79. The molecule has 0 saturated carbocycles. The fraction of sp³-hybridized carbons (Fsp3) is 0.700. The van der Waals surface area contributed by atoms with Gasteiger partial charge in [0.05, 0.1) is 12.5 Å². The Bertz CT molecular complexity index is 201. The second kappa shape index (κ2) is 5.02. The van der Waals surface area contributed by atoms with Crippen molar-refractivity contribution < 1.29 is 9.53 Å². The normalized spacial score (nSPS) is 28.2. The summed E-state index contributed by atoms with van der Waals surface area (Å²) in [5.41, 5.74) is 0. The minimum absolute atomic E-state index is 0.0103. The van der Waals surface area contributed by atoms with Gasteiger partial charge in [-0.3, -0.25) is 4.79 Å². The second-order valence-electron chi connectivity index (χ2n) is 3.21. The maximum atomic E-state index is 11.4. The van der Waals surface area contributed by atoms with Crippen molar-refractivity contribution in [2.45, 2.75) is 13.8 Å². The van der Waals surface area contributed by atoms with Gasteiger partial charge in [0.2, 0.25) is 0 Å². The van der Waals surface area contributed by atoms with Gasteiger partial charge >= 0.3 is 5.97 Å². The molecule has 0 amide bonds. The van der Waals surface area contributed by atoms with Crippen LogP contribution in [-0.4, -0.2) is 25.7 Å². The summed E-state index contributed by atoms with van der Waals surface area (Å²) in [7, 11) is 0. The summed E-state index contributed by atoms with van der Waals surface area (Å²) in [6.07, 6.45) is 4.06. The Morgan fingerprint density at radius 3 is 3.00 bits per heavy atom. The molecule has 1 aliphatic heterocycles. The van der Waals surface area contributed by atoms with Crippen molar-refractivity contribution in [2.24, 2.45) is 11.8 Å². The molecule has 1 N–H and O–H groups in total. The molecule has 1 fully saturated rings. The van der Waals surface area contributed by atoms with Crippen LogP contribution in [-0.2, 0) is 9.53 Å². The predicted molar refractivity (Wildman–Crippen MR) is 51.3 cm³/mol. The first kappa shape index (κ1) is 10.3. The molecule has 1 heterocycles. The average Bonchev–Trinajstić information content (AvgIpc) is 2.54. The number of nitrogens with one attached hydrogen (secondary N) is 1. The zero-order chi connectivity index (χ0) is 9.68. The zero-order valence-corrected chi connectivity index (χ0v) is 8.25. The quantitative estimate of drug-likeness (QED) is 0.523. The van der Waals surface area contributed by atoms with Crippen LogP contribution in [0, 0.1) is 11.8 Å². The van der Waals surface area contributed by atoms with Gasteiger partial charge in [-0.25, -0.2) is 0 Å². The van der Waals surface area contributed by atoms with Crippen LogP contribution in [0.5, 0.6) is 0 Å². The standard InChI is InChI=1S/C10H17NO2/c1-3-5-8-6-11-7-9(8)10(12)13-4-2/h3,5,8-9,11H,4,6-7H2,1-2H3/b5-3+/t8-,9-/m1/s1. The summed E-state index contributed by atoms with van der Waals surface area (Å²) in [6, 6.07) is 0. The highest BCUT2D eigenvalue weighted by Gasteiger charge is 2.31. The van der Waals surface area contributed by atoms with Gasteiger partial charge in [-0.1, -0.05) is 12.2 Å². The van der Waals surface area contributed by atoms with Crippen molar-refractivity contribution in [3.8, 4) is 0 Å². The summed E-state index contributed by atoms with van der Waals surface area (Å²) in [4.78, 5) is 11.4. The lowest BCUT2D eigenvalue weighted by Crippen LogP contribution is -2.24. The average molecular weight is 183 g/mol. The minimum atomic E-state index is -0.0735. The van der Waals surface area contributed by atoms with Crippen LogP contribution in [0.2, 0.25) is 0 Å². The highest BCUT2D eigenvalue weighted by Crippen LogP contribution is 2.19. The number of esters is 1. The number of hydrogen-bond donors (Lipinski definition) is 1. The molecule has 0 aromatic rings. The van der Waals surface area contributed by atoms with Crippen LogP contribution in [0.15, 0.2) is 12.2 Å². The van der Waals surface area contributed by atoms with Gasteiger partial charge in [0.1, 0.15) is 0 Å². The Labute approximate surface area is 79.2 Å². The van der Waals surface area contributed by atoms with Crippen molar-refractivity contribution in [3.63, 3.8) is 0 Å². The van der Waals surface area contributed by atoms with E-state index in [4.69, 9.17) is 4.74 Å².